The van der Waals surface area contributed by atoms with Gasteiger partial charge in [0.2, 0.25) is 0 Å². The van der Waals surface area contributed by atoms with Crippen LogP contribution in [0.3, 0.4) is 0 Å². The van der Waals surface area contributed by atoms with E-state index in [2.05, 4.69) is 5.32 Å². The van der Waals surface area contributed by atoms with E-state index in [0.717, 1.165) is 22.7 Å². The Morgan fingerprint density at radius 1 is 1.15 bits per heavy atom. The van der Waals surface area contributed by atoms with Crippen LogP contribution in [0.2, 0.25) is 0 Å². The van der Waals surface area contributed by atoms with Gasteiger partial charge < -0.3 is 14.8 Å². The van der Waals surface area contributed by atoms with Crippen LogP contribution in [-0.2, 0) is 0 Å². The van der Waals surface area contributed by atoms with Gasteiger partial charge in [-0.3, -0.25) is 0 Å². The summed E-state index contributed by atoms with van der Waals surface area (Å²) in [5, 5.41) is 3.09. The summed E-state index contributed by atoms with van der Waals surface area (Å²) in [7, 11) is 5.16. The van der Waals surface area contributed by atoms with Crippen molar-refractivity contribution in [1.82, 2.24) is 0 Å². The highest BCUT2D eigenvalue weighted by atomic mass is 16.5. The molecule has 0 fully saturated rings. The molecule has 0 aliphatic rings. The largest absolute Gasteiger partial charge is 0.493 e. The van der Waals surface area contributed by atoms with Gasteiger partial charge in [-0.2, -0.15) is 0 Å². The summed E-state index contributed by atoms with van der Waals surface area (Å²) in [5.41, 5.74) is 2.11. The smallest absolute Gasteiger partial charge is 0.165 e. The van der Waals surface area contributed by atoms with E-state index < -0.39 is 0 Å². The summed E-state index contributed by atoms with van der Waals surface area (Å²) in [6.45, 7) is 1.99. The van der Waals surface area contributed by atoms with Crippen LogP contribution >= 0.6 is 0 Å². The molecular formula is C10H15NO2. The zero-order valence-electron chi connectivity index (χ0n) is 8.47. The van der Waals surface area contributed by atoms with Gasteiger partial charge >= 0.3 is 0 Å². The maximum Gasteiger partial charge on any atom is 0.165 e. The van der Waals surface area contributed by atoms with Crippen molar-refractivity contribution in [2.75, 3.05) is 26.6 Å². The number of benzene rings is 1. The SMILES string of the molecule is CNc1ccc(OC)c(OC)c1C. The molecule has 0 saturated carbocycles. The van der Waals surface area contributed by atoms with Crippen LogP contribution in [0.4, 0.5) is 5.69 Å². The van der Waals surface area contributed by atoms with Gasteiger partial charge in [-0.25, -0.2) is 0 Å². The van der Waals surface area contributed by atoms with E-state index >= 15 is 0 Å². The molecule has 0 atom stereocenters. The lowest BCUT2D eigenvalue weighted by Crippen LogP contribution is -1.97. The number of ether oxygens (including phenoxy) is 2. The first kappa shape index (κ1) is 9.71. The minimum atomic E-state index is 0.763. The van der Waals surface area contributed by atoms with Crippen molar-refractivity contribution in [1.29, 1.82) is 0 Å². The molecular weight excluding hydrogens is 166 g/mol. The Bertz CT molecular complexity index is 297. The van der Waals surface area contributed by atoms with E-state index in [1.54, 1.807) is 14.2 Å². The Balaban J connectivity index is 3.23. The van der Waals surface area contributed by atoms with Crippen molar-refractivity contribution >= 4 is 5.69 Å². The number of rotatable bonds is 3. The zero-order valence-corrected chi connectivity index (χ0v) is 8.47. The van der Waals surface area contributed by atoms with Crippen LogP contribution in [-0.4, -0.2) is 21.3 Å². The molecule has 0 aliphatic carbocycles. The number of anilines is 1. The Labute approximate surface area is 78.7 Å². The topological polar surface area (TPSA) is 30.5 Å². The van der Waals surface area contributed by atoms with Crippen molar-refractivity contribution in [3.05, 3.63) is 17.7 Å². The van der Waals surface area contributed by atoms with E-state index in [1.165, 1.54) is 0 Å². The summed E-state index contributed by atoms with van der Waals surface area (Å²) in [5.74, 6) is 1.55. The molecule has 1 rings (SSSR count). The molecule has 1 aromatic carbocycles. The highest BCUT2D eigenvalue weighted by molar-refractivity contribution is 5.61. The van der Waals surface area contributed by atoms with Crippen molar-refractivity contribution in [3.8, 4) is 11.5 Å². The van der Waals surface area contributed by atoms with E-state index in [9.17, 15) is 0 Å². The fraction of sp³-hybridized carbons (Fsp3) is 0.400. The summed E-state index contributed by atoms with van der Waals surface area (Å²) >= 11 is 0. The molecule has 0 heterocycles. The maximum atomic E-state index is 5.24. The molecule has 72 valence electrons. The lowest BCUT2D eigenvalue weighted by Gasteiger charge is -2.13. The summed E-state index contributed by atoms with van der Waals surface area (Å²) in [6.07, 6.45) is 0. The summed E-state index contributed by atoms with van der Waals surface area (Å²) < 4.78 is 10.4. The fourth-order valence-corrected chi connectivity index (χ4v) is 1.35. The van der Waals surface area contributed by atoms with E-state index in [1.807, 2.05) is 26.1 Å². The van der Waals surface area contributed by atoms with E-state index in [0.29, 0.717) is 0 Å². The molecule has 0 amide bonds. The first-order valence-electron chi connectivity index (χ1n) is 4.14. The van der Waals surface area contributed by atoms with Crippen molar-refractivity contribution in [2.24, 2.45) is 0 Å². The molecule has 0 aromatic heterocycles. The summed E-state index contributed by atoms with van der Waals surface area (Å²) in [6, 6.07) is 3.86. The average molecular weight is 181 g/mol. The Kier molecular flexibility index (Phi) is 3.01. The van der Waals surface area contributed by atoms with Gasteiger partial charge in [0.05, 0.1) is 14.2 Å². The van der Waals surface area contributed by atoms with Gasteiger partial charge in [-0.05, 0) is 19.1 Å². The van der Waals surface area contributed by atoms with Crippen LogP contribution in [0, 0.1) is 6.92 Å². The maximum absolute atomic E-state index is 5.24. The lowest BCUT2D eigenvalue weighted by molar-refractivity contribution is 0.353. The molecule has 0 unspecified atom stereocenters. The standard InChI is InChI=1S/C10H15NO2/c1-7-8(11-2)5-6-9(12-3)10(7)13-4/h5-6,11H,1-4H3. The third kappa shape index (κ3) is 1.69. The Morgan fingerprint density at radius 2 is 1.85 bits per heavy atom. The van der Waals surface area contributed by atoms with Crippen LogP contribution in [0.5, 0.6) is 11.5 Å². The van der Waals surface area contributed by atoms with E-state index in [-0.39, 0.29) is 0 Å². The van der Waals surface area contributed by atoms with Gasteiger partial charge in [0.1, 0.15) is 0 Å². The molecule has 0 radical (unpaired) electrons. The van der Waals surface area contributed by atoms with Crippen molar-refractivity contribution < 1.29 is 9.47 Å². The molecule has 1 aromatic rings. The van der Waals surface area contributed by atoms with Crippen molar-refractivity contribution in [2.45, 2.75) is 6.92 Å². The zero-order chi connectivity index (χ0) is 9.84. The van der Waals surface area contributed by atoms with Gasteiger partial charge in [0.25, 0.3) is 0 Å². The number of nitrogens with one attached hydrogen (secondary N) is 1. The summed E-state index contributed by atoms with van der Waals surface area (Å²) in [4.78, 5) is 0. The highest BCUT2D eigenvalue weighted by Gasteiger charge is 2.09. The van der Waals surface area contributed by atoms with Crippen LogP contribution < -0.4 is 14.8 Å². The molecule has 0 saturated heterocycles. The first-order chi connectivity index (χ1) is 6.24. The lowest BCUT2D eigenvalue weighted by atomic mass is 10.1. The monoisotopic (exact) mass is 181 g/mol. The molecule has 3 nitrogen and oxygen atoms in total. The van der Waals surface area contributed by atoms with Gasteiger partial charge in [-0.1, -0.05) is 0 Å². The quantitative estimate of drug-likeness (QED) is 0.774. The second-order valence-electron chi connectivity index (χ2n) is 2.72. The Morgan fingerprint density at radius 3 is 2.31 bits per heavy atom. The highest BCUT2D eigenvalue weighted by Crippen LogP contribution is 2.34. The van der Waals surface area contributed by atoms with Crippen LogP contribution in [0.1, 0.15) is 5.56 Å². The minimum Gasteiger partial charge on any atom is -0.493 e. The predicted molar refractivity (Wildman–Crippen MR) is 53.8 cm³/mol. The third-order valence-corrected chi connectivity index (χ3v) is 2.06. The fourth-order valence-electron chi connectivity index (χ4n) is 1.35. The normalized spacial score (nSPS) is 9.54. The third-order valence-electron chi connectivity index (χ3n) is 2.06. The molecule has 0 spiro atoms. The molecule has 1 N–H and O–H groups in total. The van der Waals surface area contributed by atoms with Crippen molar-refractivity contribution in [3.63, 3.8) is 0 Å². The molecule has 0 bridgehead atoms. The van der Waals surface area contributed by atoms with Gasteiger partial charge in [0, 0.05) is 18.3 Å². The molecule has 3 heteroatoms. The Hall–Kier alpha value is -1.38. The first-order valence-corrected chi connectivity index (χ1v) is 4.14. The van der Waals surface area contributed by atoms with Crippen LogP contribution in [0.25, 0.3) is 0 Å². The van der Waals surface area contributed by atoms with Gasteiger partial charge in [-0.15, -0.1) is 0 Å². The number of hydrogen-bond donors (Lipinski definition) is 1. The van der Waals surface area contributed by atoms with Crippen LogP contribution in [0.15, 0.2) is 12.1 Å². The number of hydrogen-bond acceptors (Lipinski definition) is 3. The van der Waals surface area contributed by atoms with Gasteiger partial charge in [0.15, 0.2) is 11.5 Å². The molecule has 13 heavy (non-hydrogen) atoms. The minimum absolute atomic E-state index is 0.763. The second kappa shape index (κ2) is 4.03. The second-order valence-corrected chi connectivity index (χ2v) is 2.72. The average Bonchev–Trinajstić information content (AvgIpc) is 2.17. The predicted octanol–water partition coefficient (Wildman–Crippen LogP) is 2.05. The number of methoxy groups -OCH3 is 2. The van der Waals surface area contributed by atoms with E-state index in [4.69, 9.17) is 9.47 Å². The molecule has 0 aliphatic heterocycles.